The van der Waals surface area contributed by atoms with E-state index in [1.165, 1.54) is 12.1 Å². The molecule has 0 saturated carbocycles. The number of nitrogens with zero attached hydrogens (tertiary/aromatic N) is 3. The van der Waals surface area contributed by atoms with Crippen molar-refractivity contribution < 1.29 is 14.4 Å². The summed E-state index contributed by atoms with van der Waals surface area (Å²) in [5, 5.41) is 20.4. The highest BCUT2D eigenvalue weighted by Crippen LogP contribution is 2.23. The maximum Gasteiger partial charge on any atom is 0.304 e. The van der Waals surface area contributed by atoms with Gasteiger partial charge in [-0.3, -0.25) is 15.0 Å². The third-order valence-electron chi connectivity index (χ3n) is 3.68. The van der Waals surface area contributed by atoms with Crippen LogP contribution in [0.25, 0.3) is 0 Å². The highest BCUT2D eigenvalue weighted by Gasteiger charge is 2.31. The van der Waals surface area contributed by atoms with Crippen LogP contribution in [0.15, 0.2) is 18.2 Å². The Hall–Kier alpha value is -1.57. The van der Waals surface area contributed by atoms with E-state index in [1.54, 1.807) is 6.07 Å². The molecule has 0 aliphatic carbocycles. The average Bonchev–Trinajstić information content (AvgIpc) is 2.68. The fraction of sp³-hybridized carbons (Fsp3) is 0.571. The Morgan fingerprint density at radius 3 is 2.81 bits per heavy atom. The van der Waals surface area contributed by atoms with Gasteiger partial charge in [0.25, 0.3) is 0 Å². The summed E-state index contributed by atoms with van der Waals surface area (Å²) in [7, 11) is 3.93. The molecule has 1 heterocycles. The van der Waals surface area contributed by atoms with Crippen LogP contribution in [0.1, 0.15) is 12.0 Å². The van der Waals surface area contributed by atoms with Crippen LogP contribution >= 0.6 is 0 Å². The van der Waals surface area contributed by atoms with E-state index in [9.17, 15) is 19.6 Å². The predicted molar refractivity (Wildman–Crippen MR) is 76.4 cm³/mol. The van der Waals surface area contributed by atoms with Crippen molar-refractivity contribution in [2.45, 2.75) is 25.1 Å². The van der Waals surface area contributed by atoms with Gasteiger partial charge in [0.1, 0.15) is 0 Å². The van der Waals surface area contributed by atoms with Crippen LogP contribution in [0.4, 0.5) is 10.1 Å². The summed E-state index contributed by atoms with van der Waals surface area (Å²) >= 11 is 0. The molecular weight excluding hydrogens is 277 g/mol. The SMILES string of the molecule is CN(C)CC1CC(O)CN1Cc1ccc([N+](=O)[O-])c(F)c1. The maximum atomic E-state index is 13.6. The van der Waals surface area contributed by atoms with Crippen LogP contribution in [0.5, 0.6) is 0 Å². The van der Waals surface area contributed by atoms with Crippen LogP contribution < -0.4 is 0 Å². The lowest BCUT2D eigenvalue weighted by atomic mass is 10.1. The number of nitro benzene ring substituents is 1. The van der Waals surface area contributed by atoms with Gasteiger partial charge in [-0.05, 0) is 32.1 Å². The Bertz CT molecular complexity index is 524. The van der Waals surface area contributed by atoms with E-state index in [4.69, 9.17) is 0 Å². The fourth-order valence-corrected chi connectivity index (χ4v) is 2.79. The minimum atomic E-state index is -0.818. The molecule has 1 saturated heterocycles. The van der Waals surface area contributed by atoms with Crippen molar-refractivity contribution in [3.63, 3.8) is 0 Å². The Balaban J connectivity index is 2.09. The summed E-state index contributed by atoms with van der Waals surface area (Å²) in [6, 6.07) is 4.17. The summed E-state index contributed by atoms with van der Waals surface area (Å²) in [6.45, 7) is 1.83. The van der Waals surface area contributed by atoms with Crippen molar-refractivity contribution in [2.24, 2.45) is 0 Å². The molecule has 6 nitrogen and oxygen atoms in total. The molecule has 0 spiro atoms. The summed E-state index contributed by atoms with van der Waals surface area (Å²) in [6.07, 6.45) is 0.311. The molecule has 0 radical (unpaired) electrons. The molecule has 1 aromatic carbocycles. The van der Waals surface area contributed by atoms with E-state index in [0.717, 1.165) is 6.54 Å². The number of aliphatic hydroxyl groups is 1. The van der Waals surface area contributed by atoms with Gasteiger partial charge in [-0.1, -0.05) is 6.07 Å². The number of likely N-dealkylation sites (N-methyl/N-ethyl adjacent to an activating group) is 1. The first kappa shape index (κ1) is 15.8. The van der Waals surface area contributed by atoms with Gasteiger partial charge >= 0.3 is 5.69 Å². The maximum absolute atomic E-state index is 13.6. The standard InChI is InChI=1S/C14H20FN3O3/c1-16(2)8-11-6-12(19)9-17(11)7-10-3-4-14(18(20)21)13(15)5-10/h3-5,11-12,19H,6-9H2,1-2H3. The summed E-state index contributed by atoms with van der Waals surface area (Å²) in [5.74, 6) is -0.818. The Morgan fingerprint density at radius 1 is 1.52 bits per heavy atom. The number of halogens is 1. The number of hydrogen-bond donors (Lipinski definition) is 1. The second-order valence-electron chi connectivity index (χ2n) is 5.78. The zero-order valence-corrected chi connectivity index (χ0v) is 12.2. The lowest BCUT2D eigenvalue weighted by Crippen LogP contribution is -2.37. The van der Waals surface area contributed by atoms with Gasteiger partial charge in [0.05, 0.1) is 11.0 Å². The van der Waals surface area contributed by atoms with Gasteiger partial charge in [0.2, 0.25) is 5.82 Å². The third kappa shape index (κ3) is 3.96. The number of hydrogen-bond acceptors (Lipinski definition) is 5. The first-order chi connectivity index (χ1) is 9.86. The molecule has 1 N–H and O–H groups in total. The van der Waals surface area contributed by atoms with Crippen molar-refractivity contribution in [1.82, 2.24) is 9.80 Å². The third-order valence-corrected chi connectivity index (χ3v) is 3.68. The normalized spacial score (nSPS) is 22.9. The number of rotatable bonds is 5. The highest BCUT2D eigenvalue weighted by atomic mass is 19.1. The van der Waals surface area contributed by atoms with Gasteiger partial charge < -0.3 is 10.0 Å². The molecule has 0 amide bonds. The summed E-state index contributed by atoms with van der Waals surface area (Å²) in [4.78, 5) is 14.0. The molecule has 0 aromatic heterocycles. The molecular formula is C14H20FN3O3. The van der Waals surface area contributed by atoms with E-state index in [1.807, 2.05) is 19.0 Å². The molecule has 1 aliphatic rings. The number of benzene rings is 1. The minimum absolute atomic E-state index is 0.202. The molecule has 116 valence electrons. The number of nitro groups is 1. The smallest absolute Gasteiger partial charge is 0.304 e. The van der Waals surface area contributed by atoms with Crippen LogP contribution in [-0.4, -0.2) is 59.2 Å². The molecule has 1 aromatic rings. The van der Waals surface area contributed by atoms with Gasteiger partial charge in [0, 0.05) is 31.7 Å². The number of aliphatic hydroxyl groups excluding tert-OH is 1. The predicted octanol–water partition coefficient (Wildman–Crippen LogP) is 1.23. The first-order valence-electron chi connectivity index (χ1n) is 6.86. The van der Waals surface area contributed by atoms with E-state index < -0.39 is 16.4 Å². The van der Waals surface area contributed by atoms with Crippen molar-refractivity contribution in [3.05, 3.63) is 39.7 Å². The molecule has 2 unspecified atom stereocenters. The zero-order valence-electron chi connectivity index (χ0n) is 12.2. The zero-order chi connectivity index (χ0) is 15.6. The lowest BCUT2D eigenvalue weighted by molar-refractivity contribution is -0.387. The van der Waals surface area contributed by atoms with Gasteiger partial charge in [-0.15, -0.1) is 0 Å². The van der Waals surface area contributed by atoms with E-state index in [0.29, 0.717) is 25.1 Å². The molecule has 1 fully saturated rings. The quantitative estimate of drug-likeness (QED) is 0.654. The van der Waals surface area contributed by atoms with Gasteiger partial charge in [0.15, 0.2) is 0 Å². The van der Waals surface area contributed by atoms with E-state index >= 15 is 0 Å². The molecule has 1 aliphatic heterocycles. The Morgan fingerprint density at radius 2 is 2.24 bits per heavy atom. The van der Waals surface area contributed by atoms with E-state index in [-0.39, 0.29) is 12.1 Å². The van der Waals surface area contributed by atoms with Crippen molar-refractivity contribution >= 4 is 5.69 Å². The monoisotopic (exact) mass is 297 g/mol. The van der Waals surface area contributed by atoms with Crippen molar-refractivity contribution in [2.75, 3.05) is 27.2 Å². The topological polar surface area (TPSA) is 69.8 Å². The van der Waals surface area contributed by atoms with Crippen molar-refractivity contribution in [3.8, 4) is 0 Å². The number of β-amino-alcohol motifs (C(OH)–C–C–N with tert-alkyl or cyclic N) is 1. The second-order valence-corrected chi connectivity index (χ2v) is 5.78. The van der Waals surface area contributed by atoms with Gasteiger partial charge in [-0.2, -0.15) is 4.39 Å². The van der Waals surface area contributed by atoms with Crippen LogP contribution in [-0.2, 0) is 6.54 Å². The molecule has 0 bridgehead atoms. The summed E-state index contributed by atoms with van der Waals surface area (Å²) in [5.41, 5.74) is 0.168. The average molecular weight is 297 g/mol. The Labute approximate surface area is 122 Å². The molecule has 2 rings (SSSR count). The fourth-order valence-electron chi connectivity index (χ4n) is 2.79. The highest BCUT2D eigenvalue weighted by molar-refractivity contribution is 5.35. The molecule has 2 atom stereocenters. The van der Waals surface area contributed by atoms with Gasteiger partial charge in [-0.25, -0.2) is 0 Å². The first-order valence-corrected chi connectivity index (χ1v) is 6.86. The summed E-state index contributed by atoms with van der Waals surface area (Å²) < 4.78 is 13.6. The van der Waals surface area contributed by atoms with Crippen LogP contribution in [0.2, 0.25) is 0 Å². The molecule has 7 heteroatoms. The second kappa shape index (κ2) is 6.46. The van der Waals surface area contributed by atoms with Crippen LogP contribution in [0, 0.1) is 15.9 Å². The van der Waals surface area contributed by atoms with Crippen LogP contribution in [0.3, 0.4) is 0 Å². The number of likely N-dealkylation sites (tertiary alicyclic amines) is 1. The largest absolute Gasteiger partial charge is 0.392 e. The molecule has 21 heavy (non-hydrogen) atoms. The lowest BCUT2D eigenvalue weighted by Gasteiger charge is -2.26. The Kier molecular flexibility index (Phi) is 4.87. The minimum Gasteiger partial charge on any atom is -0.392 e. The van der Waals surface area contributed by atoms with Crippen molar-refractivity contribution in [1.29, 1.82) is 0 Å². The van der Waals surface area contributed by atoms with E-state index in [2.05, 4.69) is 4.90 Å².